The number of rotatable bonds is 4. The van der Waals surface area contributed by atoms with Crippen molar-refractivity contribution in [2.75, 3.05) is 11.9 Å². The minimum atomic E-state index is 0.734. The third-order valence-corrected chi connectivity index (χ3v) is 4.22. The summed E-state index contributed by atoms with van der Waals surface area (Å²) >= 11 is 0. The van der Waals surface area contributed by atoms with Crippen molar-refractivity contribution in [3.63, 3.8) is 0 Å². The fraction of sp³-hybridized carbons (Fsp3) is 0.211. The summed E-state index contributed by atoms with van der Waals surface area (Å²) in [6, 6.07) is 16.5. The molecule has 0 aliphatic heterocycles. The van der Waals surface area contributed by atoms with E-state index >= 15 is 0 Å². The molecule has 0 atom stereocenters. The average molecular weight is 317 g/mol. The van der Waals surface area contributed by atoms with E-state index in [0.717, 1.165) is 41.3 Å². The van der Waals surface area contributed by atoms with Gasteiger partial charge in [0.15, 0.2) is 5.65 Å². The molecule has 2 heterocycles. The Morgan fingerprint density at radius 1 is 0.958 bits per heavy atom. The van der Waals surface area contributed by atoms with Crippen molar-refractivity contribution >= 4 is 22.5 Å². The first-order chi connectivity index (χ1) is 11.7. The lowest BCUT2D eigenvalue weighted by atomic mass is 10.1. The van der Waals surface area contributed by atoms with Gasteiger partial charge in [0.1, 0.15) is 5.82 Å². The fourth-order valence-corrected chi connectivity index (χ4v) is 2.97. The maximum atomic E-state index is 4.72. The van der Waals surface area contributed by atoms with E-state index in [1.165, 1.54) is 11.1 Å². The number of hydrogen-bond donors (Lipinski definition) is 1. The van der Waals surface area contributed by atoms with E-state index in [1.807, 2.05) is 31.2 Å². The van der Waals surface area contributed by atoms with Crippen molar-refractivity contribution in [3.8, 4) is 0 Å². The number of para-hydroxylation sites is 1. The molecule has 1 N–H and O–H groups in total. The standard InChI is InChI=1S/C19H19N5/c1-13-7-3-4-8-15(13)11-12-20-19-22-17-10-6-5-9-16(17)18-21-14(2)23-24(18)19/h3-10H,11-12H2,1-2H3,(H,20,22). The Morgan fingerprint density at radius 3 is 2.62 bits per heavy atom. The maximum Gasteiger partial charge on any atom is 0.226 e. The molecule has 0 bridgehead atoms. The molecule has 0 unspecified atom stereocenters. The van der Waals surface area contributed by atoms with Gasteiger partial charge in [-0.3, -0.25) is 0 Å². The zero-order chi connectivity index (χ0) is 16.5. The van der Waals surface area contributed by atoms with Crippen LogP contribution in [-0.4, -0.2) is 26.1 Å². The molecule has 0 aliphatic rings. The number of aryl methyl sites for hydroxylation is 2. The van der Waals surface area contributed by atoms with Crippen LogP contribution >= 0.6 is 0 Å². The molecule has 2 aromatic carbocycles. The summed E-state index contributed by atoms with van der Waals surface area (Å²) in [7, 11) is 0. The van der Waals surface area contributed by atoms with Crippen LogP contribution in [0.2, 0.25) is 0 Å². The highest BCUT2D eigenvalue weighted by atomic mass is 15.4. The fourth-order valence-electron chi connectivity index (χ4n) is 2.97. The van der Waals surface area contributed by atoms with Gasteiger partial charge in [0.2, 0.25) is 5.95 Å². The SMILES string of the molecule is Cc1nc2c3ccccc3nc(NCCc3ccccc3C)n2n1. The summed E-state index contributed by atoms with van der Waals surface area (Å²) in [5.74, 6) is 1.48. The highest BCUT2D eigenvalue weighted by Crippen LogP contribution is 2.20. The molecule has 0 saturated heterocycles. The number of anilines is 1. The van der Waals surface area contributed by atoms with E-state index < -0.39 is 0 Å². The van der Waals surface area contributed by atoms with Gasteiger partial charge in [-0.1, -0.05) is 36.4 Å². The lowest BCUT2D eigenvalue weighted by molar-refractivity contribution is 0.887. The molecule has 0 saturated carbocycles. The Morgan fingerprint density at radius 2 is 1.75 bits per heavy atom. The Labute approximate surface area is 140 Å². The number of benzene rings is 2. The summed E-state index contributed by atoms with van der Waals surface area (Å²) in [6.45, 7) is 4.84. The lowest BCUT2D eigenvalue weighted by Crippen LogP contribution is -2.11. The molecule has 0 spiro atoms. The van der Waals surface area contributed by atoms with Crippen LogP contribution in [0.15, 0.2) is 48.5 Å². The summed E-state index contributed by atoms with van der Waals surface area (Å²) in [6.07, 6.45) is 0.941. The van der Waals surface area contributed by atoms with Crippen LogP contribution < -0.4 is 5.32 Å². The third kappa shape index (κ3) is 2.58. The number of aromatic nitrogens is 4. The molecule has 4 rings (SSSR count). The van der Waals surface area contributed by atoms with Gasteiger partial charge in [0, 0.05) is 11.9 Å². The second-order valence-electron chi connectivity index (χ2n) is 5.95. The Balaban J connectivity index is 1.66. The van der Waals surface area contributed by atoms with E-state index in [2.05, 4.69) is 46.6 Å². The van der Waals surface area contributed by atoms with Gasteiger partial charge in [-0.25, -0.2) is 9.97 Å². The molecule has 0 radical (unpaired) electrons. The topological polar surface area (TPSA) is 55.1 Å². The quantitative estimate of drug-likeness (QED) is 0.625. The molecule has 5 nitrogen and oxygen atoms in total. The third-order valence-electron chi connectivity index (χ3n) is 4.22. The summed E-state index contributed by atoms with van der Waals surface area (Å²) < 4.78 is 1.80. The highest BCUT2D eigenvalue weighted by molar-refractivity contribution is 5.92. The van der Waals surface area contributed by atoms with Gasteiger partial charge in [-0.05, 0) is 43.5 Å². The van der Waals surface area contributed by atoms with Crippen molar-refractivity contribution in [1.82, 2.24) is 19.6 Å². The minimum absolute atomic E-state index is 0.734. The van der Waals surface area contributed by atoms with Crippen molar-refractivity contribution < 1.29 is 0 Å². The van der Waals surface area contributed by atoms with Gasteiger partial charge >= 0.3 is 0 Å². The predicted octanol–water partition coefficient (Wildman–Crippen LogP) is 3.55. The molecular formula is C19H19N5. The number of fused-ring (bicyclic) bond motifs is 3. The van der Waals surface area contributed by atoms with Gasteiger partial charge in [-0.15, -0.1) is 5.10 Å². The van der Waals surface area contributed by atoms with Crippen LogP contribution in [0, 0.1) is 13.8 Å². The van der Waals surface area contributed by atoms with Crippen LogP contribution in [0.3, 0.4) is 0 Å². The predicted molar refractivity (Wildman–Crippen MR) is 96.4 cm³/mol. The minimum Gasteiger partial charge on any atom is -0.354 e. The molecule has 0 amide bonds. The zero-order valence-corrected chi connectivity index (χ0v) is 13.8. The molecule has 0 aliphatic carbocycles. The summed E-state index contributed by atoms with van der Waals surface area (Å²) in [5.41, 5.74) is 4.43. The van der Waals surface area contributed by atoms with E-state index in [-0.39, 0.29) is 0 Å². The average Bonchev–Trinajstić information content (AvgIpc) is 2.98. The molecule has 2 aromatic heterocycles. The largest absolute Gasteiger partial charge is 0.354 e. The molecule has 5 heteroatoms. The van der Waals surface area contributed by atoms with Crippen LogP contribution in [-0.2, 0) is 6.42 Å². The van der Waals surface area contributed by atoms with Crippen molar-refractivity contribution in [2.24, 2.45) is 0 Å². The van der Waals surface area contributed by atoms with E-state index in [4.69, 9.17) is 4.98 Å². The number of hydrogen-bond acceptors (Lipinski definition) is 4. The Bertz CT molecular complexity index is 1020. The Hall–Kier alpha value is -2.95. The zero-order valence-electron chi connectivity index (χ0n) is 13.8. The van der Waals surface area contributed by atoms with Crippen LogP contribution in [0.5, 0.6) is 0 Å². The van der Waals surface area contributed by atoms with E-state index in [9.17, 15) is 0 Å². The smallest absolute Gasteiger partial charge is 0.226 e. The second kappa shape index (κ2) is 5.92. The van der Waals surface area contributed by atoms with E-state index in [1.54, 1.807) is 4.52 Å². The monoisotopic (exact) mass is 317 g/mol. The number of nitrogens with one attached hydrogen (secondary N) is 1. The van der Waals surface area contributed by atoms with Gasteiger partial charge in [0.25, 0.3) is 0 Å². The van der Waals surface area contributed by atoms with Gasteiger partial charge in [0.05, 0.1) is 5.52 Å². The first-order valence-corrected chi connectivity index (χ1v) is 8.13. The molecule has 0 fully saturated rings. The normalized spacial score (nSPS) is 11.2. The van der Waals surface area contributed by atoms with Gasteiger partial charge < -0.3 is 5.32 Å². The Kier molecular flexibility index (Phi) is 3.61. The van der Waals surface area contributed by atoms with Crippen molar-refractivity contribution in [1.29, 1.82) is 0 Å². The maximum absolute atomic E-state index is 4.72. The van der Waals surface area contributed by atoms with Crippen LogP contribution in [0.1, 0.15) is 17.0 Å². The molecular weight excluding hydrogens is 298 g/mol. The number of nitrogens with zero attached hydrogens (tertiary/aromatic N) is 4. The summed E-state index contributed by atoms with van der Waals surface area (Å²) in [4.78, 5) is 9.27. The first kappa shape index (κ1) is 14.6. The van der Waals surface area contributed by atoms with Crippen molar-refractivity contribution in [2.45, 2.75) is 20.3 Å². The van der Waals surface area contributed by atoms with Crippen LogP contribution in [0.4, 0.5) is 5.95 Å². The second-order valence-corrected chi connectivity index (χ2v) is 5.95. The lowest BCUT2D eigenvalue weighted by Gasteiger charge is -2.10. The molecule has 24 heavy (non-hydrogen) atoms. The van der Waals surface area contributed by atoms with Crippen LogP contribution in [0.25, 0.3) is 16.6 Å². The van der Waals surface area contributed by atoms with E-state index in [0.29, 0.717) is 0 Å². The molecule has 4 aromatic rings. The van der Waals surface area contributed by atoms with Gasteiger partial charge in [-0.2, -0.15) is 4.52 Å². The first-order valence-electron chi connectivity index (χ1n) is 8.13. The summed E-state index contributed by atoms with van der Waals surface area (Å²) in [5, 5.41) is 8.92. The van der Waals surface area contributed by atoms with Crippen molar-refractivity contribution in [3.05, 3.63) is 65.5 Å². The molecule has 120 valence electrons. The highest BCUT2D eigenvalue weighted by Gasteiger charge is 2.11.